The minimum atomic E-state index is -2.07. The standard InChI is InChI=1S/C18H28O2Si/c1-3-19-21(20-4-2,16-11-8-12-16)18-14-13-17(18)15-9-6-5-7-10-15/h5-7,9-10,16-18H,3-4,8,11-14H2,1-2H3. The van der Waals surface area contributed by atoms with E-state index in [0.29, 0.717) is 11.5 Å². The lowest BCUT2D eigenvalue weighted by molar-refractivity contribution is 0.127. The smallest absolute Gasteiger partial charge is 0.345 e. The molecule has 21 heavy (non-hydrogen) atoms. The first-order valence-corrected chi connectivity index (χ1v) is 10.6. The Kier molecular flexibility index (Phi) is 4.82. The van der Waals surface area contributed by atoms with E-state index in [1.807, 2.05) is 0 Å². The van der Waals surface area contributed by atoms with E-state index in [0.717, 1.165) is 18.8 Å². The zero-order chi connectivity index (χ0) is 14.7. The molecule has 1 aromatic carbocycles. The van der Waals surface area contributed by atoms with Crippen LogP contribution in [0.3, 0.4) is 0 Å². The Morgan fingerprint density at radius 2 is 1.62 bits per heavy atom. The summed E-state index contributed by atoms with van der Waals surface area (Å²) in [5.41, 5.74) is 2.88. The molecular weight excluding hydrogens is 276 g/mol. The van der Waals surface area contributed by atoms with Crippen LogP contribution in [0.4, 0.5) is 0 Å². The SMILES string of the molecule is CCO[Si](OCC)(C1CCC1)C1CCC1c1ccccc1. The summed E-state index contributed by atoms with van der Waals surface area (Å²) in [5, 5.41) is 0. The summed E-state index contributed by atoms with van der Waals surface area (Å²) in [4.78, 5) is 0. The normalized spacial score (nSPS) is 26.2. The van der Waals surface area contributed by atoms with E-state index in [4.69, 9.17) is 8.85 Å². The largest absolute Gasteiger partial charge is 0.394 e. The molecule has 0 spiro atoms. The maximum absolute atomic E-state index is 6.45. The van der Waals surface area contributed by atoms with Crippen LogP contribution in [0.1, 0.15) is 57.4 Å². The summed E-state index contributed by atoms with van der Waals surface area (Å²) in [6.45, 7) is 5.88. The van der Waals surface area contributed by atoms with Crippen LogP contribution in [0.2, 0.25) is 11.1 Å². The van der Waals surface area contributed by atoms with Gasteiger partial charge in [-0.15, -0.1) is 0 Å². The molecule has 3 heteroatoms. The van der Waals surface area contributed by atoms with Gasteiger partial charge in [0.05, 0.1) is 0 Å². The second kappa shape index (κ2) is 6.63. The van der Waals surface area contributed by atoms with Crippen molar-refractivity contribution in [3.8, 4) is 0 Å². The highest BCUT2D eigenvalue weighted by atomic mass is 28.4. The lowest BCUT2D eigenvalue weighted by Crippen LogP contribution is -2.57. The van der Waals surface area contributed by atoms with E-state index < -0.39 is 8.56 Å². The van der Waals surface area contributed by atoms with Crippen molar-refractivity contribution in [2.45, 2.75) is 63.0 Å². The molecule has 2 atom stereocenters. The minimum absolute atomic E-state index is 0.658. The summed E-state index contributed by atoms with van der Waals surface area (Å²) in [6.07, 6.45) is 6.61. The average molecular weight is 305 g/mol. The van der Waals surface area contributed by atoms with Crippen LogP contribution in [0.5, 0.6) is 0 Å². The van der Waals surface area contributed by atoms with Crippen molar-refractivity contribution in [2.24, 2.45) is 0 Å². The van der Waals surface area contributed by atoms with Gasteiger partial charge in [-0.25, -0.2) is 0 Å². The average Bonchev–Trinajstić information content (AvgIpc) is 2.37. The predicted molar refractivity (Wildman–Crippen MR) is 88.8 cm³/mol. The summed E-state index contributed by atoms with van der Waals surface area (Å²) >= 11 is 0. The van der Waals surface area contributed by atoms with Gasteiger partial charge in [-0.05, 0) is 51.0 Å². The third-order valence-electron chi connectivity index (χ3n) is 5.43. The van der Waals surface area contributed by atoms with Crippen molar-refractivity contribution in [1.29, 1.82) is 0 Å². The quantitative estimate of drug-likeness (QED) is 0.660. The van der Waals surface area contributed by atoms with Crippen LogP contribution in [0.25, 0.3) is 0 Å². The first kappa shape index (κ1) is 15.3. The Morgan fingerprint density at radius 3 is 2.05 bits per heavy atom. The number of hydrogen-bond donors (Lipinski definition) is 0. The van der Waals surface area contributed by atoms with Crippen LogP contribution in [-0.4, -0.2) is 21.8 Å². The van der Waals surface area contributed by atoms with Crippen molar-refractivity contribution < 1.29 is 8.85 Å². The van der Waals surface area contributed by atoms with Crippen LogP contribution in [0, 0.1) is 0 Å². The van der Waals surface area contributed by atoms with Crippen molar-refractivity contribution in [2.75, 3.05) is 13.2 Å². The van der Waals surface area contributed by atoms with Crippen molar-refractivity contribution >= 4 is 8.56 Å². The molecule has 0 aliphatic heterocycles. The highest BCUT2D eigenvalue weighted by molar-refractivity contribution is 6.71. The molecule has 2 aliphatic carbocycles. The van der Waals surface area contributed by atoms with Crippen molar-refractivity contribution in [3.05, 3.63) is 35.9 Å². The fourth-order valence-electron chi connectivity index (χ4n) is 4.14. The number of benzene rings is 1. The van der Waals surface area contributed by atoms with Crippen LogP contribution in [-0.2, 0) is 8.85 Å². The van der Waals surface area contributed by atoms with Gasteiger partial charge in [0.15, 0.2) is 0 Å². The van der Waals surface area contributed by atoms with Crippen LogP contribution >= 0.6 is 0 Å². The molecule has 116 valence electrons. The summed E-state index contributed by atoms with van der Waals surface area (Å²) < 4.78 is 12.9. The molecule has 2 fully saturated rings. The highest BCUT2D eigenvalue weighted by Crippen LogP contribution is 2.59. The highest BCUT2D eigenvalue weighted by Gasteiger charge is 2.59. The Hall–Kier alpha value is -0.643. The second-order valence-corrected chi connectivity index (χ2v) is 9.99. The fourth-order valence-corrected chi connectivity index (χ4v) is 9.33. The van der Waals surface area contributed by atoms with Gasteiger partial charge in [-0.3, -0.25) is 0 Å². The maximum Gasteiger partial charge on any atom is 0.345 e. The molecule has 2 saturated carbocycles. The van der Waals surface area contributed by atoms with Gasteiger partial charge < -0.3 is 8.85 Å². The van der Waals surface area contributed by atoms with E-state index >= 15 is 0 Å². The van der Waals surface area contributed by atoms with Crippen LogP contribution in [0.15, 0.2) is 30.3 Å². The van der Waals surface area contributed by atoms with E-state index in [2.05, 4.69) is 44.2 Å². The molecule has 0 aromatic heterocycles. The van der Waals surface area contributed by atoms with Gasteiger partial charge in [0.1, 0.15) is 0 Å². The topological polar surface area (TPSA) is 18.5 Å². The Labute approximate surface area is 130 Å². The van der Waals surface area contributed by atoms with Gasteiger partial charge in [-0.1, -0.05) is 36.8 Å². The van der Waals surface area contributed by atoms with Gasteiger partial charge in [0.25, 0.3) is 0 Å². The first-order chi connectivity index (χ1) is 10.3. The molecule has 2 unspecified atom stereocenters. The Morgan fingerprint density at radius 1 is 0.952 bits per heavy atom. The molecule has 0 saturated heterocycles. The zero-order valence-corrected chi connectivity index (χ0v) is 14.4. The molecule has 3 rings (SSSR count). The molecule has 2 nitrogen and oxygen atoms in total. The van der Waals surface area contributed by atoms with Gasteiger partial charge in [0, 0.05) is 24.3 Å². The Balaban J connectivity index is 1.85. The van der Waals surface area contributed by atoms with Crippen molar-refractivity contribution in [1.82, 2.24) is 0 Å². The third-order valence-corrected chi connectivity index (χ3v) is 10.4. The third kappa shape index (κ3) is 2.71. The van der Waals surface area contributed by atoms with Gasteiger partial charge in [0.2, 0.25) is 0 Å². The summed E-state index contributed by atoms with van der Waals surface area (Å²) in [5.74, 6) is 0.663. The molecular formula is C18H28O2Si. The summed E-state index contributed by atoms with van der Waals surface area (Å²) in [6, 6.07) is 11.0. The molecule has 0 amide bonds. The van der Waals surface area contributed by atoms with E-state index in [1.165, 1.54) is 37.7 Å². The number of rotatable bonds is 7. The summed E-state index contributed by atoms with van der Waals surface area (Å²) in [7, 11) is -2.07. The monoisotopic (exact) mass is 304 g/mol. The Bertz CT molecular complexity index is 438. The van der Waals surface area contributed by atoms with E-state index in [9.17, 15) is 0 Å². The lowest BCUT2D eigenvalue weighted by Gasteiger charge is -2.52. The van der Waals surface area contributed by atoms with Gasteiger partial charge in [-0.2, -0.15) is 0 Å². The lowest BCUT2D eigenvalue weighted by atomic mass is 9.79. The maximum atomic E-state index is 6.45. The van der Waals surface area contributed by atoms with E-state index in [-0.39, 0.29) is 0 Å². The van der Waals surface area contributed by atoms with Crippen molar-refractivity contribution in [3.63, 3.8) is 0 Å². The first-order valence-electron chi connectivity index (χ1n) is 8.64. The van der Waals surface area contributed by atoms with Gasteiger partial charge >= 0.3 is 8.56 Å². The second-order valence-electron chi connectivity index (χ2n) is 6.42. The zero-order valence-electron chi connectivity index (χ0n) is 13.4. The minimum Gasteiger partial charge on any atom is -0.394 e. The predicted octanol–water partition coefficient (Wildman–Crippen LogP) is 5.00. The number of hydrogen-bond acceptors (Lipinski definition) is 2. The van der Waals surface area contributed by atoms with E-state index in [1.54, 1.807) is 0 Å². The molecule has 0 heterocycles. The molecule has 0 bridgehead atoms. The molecule has 2 aliphatic rings. The molecule has 1 aromatic rings. The van der Waals surface area contributed by atoms with Crippen LogP contribution < -0.4 is 0 Å². The molecule has 0 N–H and O–H groups in total. The molecule has 0 radical (unpaired) electrons. The fraction of sp³-hybridized carbons (Fsp3) is 0.667.